The van der Waals surface area contributed by atoms with Crippen LogP contribution in [0.3, 0.4) is 0 Å². The van der Waals surface area contributed by atoms with Gasteiger partial charge in [0.1, 0.15) is 5.75 Å². The fourth-order valence-corrected chi connectivity index (χ4v) is 4.32. The van der Waals surface area contributed by atoms with Crippen molar-refractivity contribution in [3.05, 3.63) is 29.8 Å². The number of aliphatic imine (C=N–C) groups is 1. The van der Waals surface area contributed by atoms with E-state index in [-0.39, 0.29) is 24.0 Å². The first-order chi connectivity index (χ1) is 13.7. The second-order valence-corrected chi connectivity index (χ2v) is 7.90. The number of benzene rings is 1. The monoisotopic (exact) mass is 516 g/mol. The van der Waals surface area contributed by atoms with Crippen molar-refractivity contribution in [3.63, 3.8) is 0 Å². The number of halogens is 1. The van der Waals surface area contributed by atoms with Crippen molar-refractivity contribution in [1.82, 2.24) is 15.5 Å². The number of hydrogen-bond acceptors (Lipinski definition) is 4. The molecular formula is C22H37IN4O2. The molecule has 0 aromatic heterocycles. The van der Waals surface area contributed by atoms with E-state index in [4.69, 9.17) is 4.74 Å². The van der Waals surface area contributed by atoms with E-state index < -0.39 is 6.10 Å². The topological polar surface area (TPSA) is 69.1 Å². The van der Waals surface area contributed by atoms with Crippen LogP contribution in [0.25, 0.3) is 0 Å². The van der Waals surface area contributed by atoms with Crippen LogP contribution in [0.5, 0.6) is 5.75 Å². The lowest BCUT2D eigenvalue weighted by molar-refractivity contribution is 0.150. The summed E-state index contributed by atoms with van der Waals surface area (Å²) in [5.74, 6) is 1.54. The highest BCUT2D eigenvalue weighted by Crippen LogP contribution is 2.26. The fourth-order valence-electron chi connectivity index (χ4n) is 4.32. The standard InChI is InChI=1S/C22H36N4O2.HI/c1-3-23-22(24-16-21(27)17-7-6-10-20(15-17)28-2)25-18-11-13-26(14-12-18)19-8-4-5-9-19;/h6-7,10,15,18-19,21,27H,3-5,8-9,11-14,16H2,1-2H3,(H2,23,24,25);1H. The van der Waals surface area contributed by atoms with Crippen LogP contribution in [0.15, 0.2) is 29.3 Å². The largest absolute Gasteiger partial charge is 0.497 e. The number of ether oxygens (including phenoxy) is 1. The van der Waals surface area contributed by atoms with Gasteiger partial charge in [0.15, 0.2) is 5.96 Å². The number of rotatable bonds is 7. The van der Waals surface area contributed by atoms with Gasteiger partial charge in [-0.05, 0) is 50.3 Å². The van der Waals surface area contributed by atoms with E-state index in [1.807, 2.05) is 24.3 Å². The van der Waals surface area contributed by atoms with E-state index >= 15 is 0 Å². The van der Waals surface area contributed by atoms with Gasteiger partial charge in [-0.15, -0.1) is 24.0 Å². The molecule has 6 nitrogen and oxygen atoms in total. The Labute approximate surface area is 192 Å². The summed E-state index contributed by atoms with van der Waals surface area (Å²) in [4.78, 5) is 7.31. The summed E-state index contributed by atoms with van der Waals surface area (Å²) in [5, 5.41) is 17.4. The molecule has 1 saturated heterocycles. The summed E-state index contributed by atoms with van der Waals surface area (Å²) in [5.41, 5.74) is 0.823. The fraction of sp³-hybridized carbons (Fsp3) is 0.682. The highest BCUT2D eigenvalue weighted by molar-refractivity contribution is 14.0. The van der Waals surface area contributed by atoms with Gasteiger partial charge < -0.3 is 25.4 Å². The van der Waals surface area contributed by atoms with Crippen LogP contribution in [-0.4, -0.2) is 61.3 Å². The average Bonchev–Trinajstić information content (AvgIpc) is 3.27. The maximum Gasteiger partial charge on any atom is 0.191 e. The average molecular weight is 516 g/mol. The number of guanidine groups is 1. The van der Waals surface area contributed by atoms with E-state index in [1.54, 1.807) is 7.11 Å². The molecule has 0 radical (unpaired) electrons. The van der Waals surface area contributed by atoms with Crippen LogP contribution >= 0.6 is 24.0 Å². The molecule has 1 atom stereocenters. The number of nitrogens with one attached hydrogen (secondary N) is 2. The van der Waals surface area contributed by atoms with Gasteiger partial charge in [0.05, 0.1) is 19.8 Å². The maximum absolute atomic E-state index is 10.5. The van der Waals surface area contributed by atoms with E-state index in [2.05, 4.69) is 27.4 Å². The molecule has 1 aliphatic heterocycles. The van der Waals surface area contributed by atoms with Crippen molar-refractivity contribution in [3.8, 4) is 5.75 Å². The van der Waals surface area contributed by atoms with E-state index in [9.17, 15) is 5.11 Å². The van der Waals surface area contributed by atoms with Crippen molar-refractivity contribution >= 4 is 29.9 Å². The number of aliphatic hydroxyl groups is 1. The third-order valence-electron chi connectivity index (χ3n) is 5.96. The van der Waals surface area contributed by atoms with Gasteiger partial charge in [0, 0.05) is 31.7 Å². The molecule has 1 aromatic rings. The van der Waals surface area contributed by atoms with Crippen molar-refractivity contribution in [1.29, 1.82) is 0 Å². The van der Waals surface area contributed by atoms with Gasteiger partial charge in [-0.3, -0.25) is 4.99 Å². The molecule has 1 aliphatic carbocycles. The number of methoxy groups -OCH3 is 1. The Hall–Kier alpha value is -1.06. The van der Waals surface area contributed by atoms with Crippen LogP contribution in [-0.2, 0) is 0 Å². The van der Waals surface area contributed by atoms with Crippen LogP contribution in [0.2, 0.25) is 0 Å². The molecule has 2 fully saturated rings. The zero-order chi connectivity index (χ0) is 19.8. The first-order valence-electron chi connectivity index (χ1n) is 10.8. The summed E-state index contributed by atoms with van der Waals surface area (Å²) in [6.07, 6.45) is 7.22. The molecule has 1 aromatic carbocycles. The third-order valence-corrected chi connectivity index (χ3v) is 5.96. The Morgan fingerprint density at radius 1 is 1.24 bits per heavy atom. The Morgan fingerprint density at radius 3 is 2.62 bits per heavy atom. The van der Waals surface area contributed by atoms with Gasteiger partial charge >= 0.3 is 0 Å². The summed E-state index contributed by atoms with van der Waals surface area (Å²) in [6.45, 7) is 5.55. The van der Waals surface area contributed by atoms with Crippen LogP contribution in [0.4, 0.5) is 0 Å². The molecule has 0 bridgehead atoms. The smallest absolute Gasteiger partial charge is 0.191 e. The molecule has 0 spiro atoms. The zero-order valence-corrected chi connectivity index (χ0v) is 20.1. The molecule has 3 N–H and O–H groups in total. The minimum absolute atomic E-state index is 0. The predicted octanol–water partition coefficient (Wildman–Crippen LogP) is 3.31. The summed E-state index contributed by atoms with van der Waals surface area (Å²) >= 11 is 0. The Kier molecular flexibility index (Phi) is 10.5. The van der Waals surface area contributed by atoms with Crippen LogP contribution < -0.4 is 15.4 Å². The van der Waals surface area contributed by atoms with Crippen molar-refractivity contribution in [2.24, 2.45) is 4.99 Å². The maximum atomic E-state index is 10.5. The second kappa shape index (κ2) is 12.6. The van der Waals surface area contributed by atoms with Crippen molar-refractivity contribution in [2.75, 3.05) is 33.3 Å². The number of piperidine rings is 1. The van der Waals surface area contributed by atoms with E-state index in [1.165, 1.54) is 38.8 Å². The summed E-state index contributed by atoms with van der Waals surface area (Å²) in [6, 6.07) is 8.80. The van der Waals surface area contributed by atoms with Gasteiger partial charge in [0.2, 0.25) is 0 Å². The first kappa shape index (κ1) is 24.2. The van der Waals surface area contributed by atoms with Crippen molar-refractivity contribution < 1.29 is 9.84 Å². The van der Waals surface area contributed by atoms with Gasteiger partial charge in [0.25, 0.3) is 0 Å². The van der Waals surface area contributed by atoms with Crippen molar-refractivity contribution in [2.45, 2.75) is 63.6 Å². The molecule has 1 heterocycles. The van der Waals surface area contributed by atoms with E-state index in [0.717, 1.165) is 42.7 Å². The lowest BCUT2D eigenvalue weighted by atomic mass is 10.0. The van der Waals surface area contributed by atoms with Crippen LogP contribution in [0.1, 0.15) is 57.1 Å². The number of aliphatic hydroxyl groups excluding tert-OH is 1. The second-order valence-electron chi connectivity index (χ2n) is 7.90. The minimum Gasteiger partial charge on any atom is -0.497 e. The molecular weight excluding hydrogens is 479 g/mol. The minimum atomic E-state index is -0.644. The molecule has 2 aliphatic rings. The Morgan fingerprint density at radius 2 is 1.97 bits per heavy atom. The molecule has 1 saturated carbocycles. The van der Waals surface area contributed by atoms with E-state index in [0.29, 0.717) is 12.6 Å². The van der Waals surface area contributed by atoms with Gasteiger partial charge in [-0.25, -0.2) is 0 Å². The number of hydrogen-bond donors (Lipinski definition) is 3. The SMILES string of the molecule is CCNC(=NCC(O)c1cccc(OC)c1)NC1CCN(C2CCCC2)CC1.I. The number of nitrogens with zero attached hydrogens (tertiary/aromatic N) is 2. The summed E-state index contributed by atoms with van der Waals surface area (Å²) in [7, 11) is 1.63. The molecule has 0 amide bonds. The number of likely N-dealkylation sites (tertiary alicyclic amines) is 1. The zero-order valence-electron chi connectivity index (χ0n) is 17.8. The quantitative estimate of drug-likeness (QED) is 0.295. The Balaban J connectivity index is 0.00000300. The first-order valence-corrected chi connectivity index (χ1v) is 10.8. The lowest BCUT2D eigenvalue weighted by Crippen LogP contribution is -2.50. The lowest BCUT2D eigenvalue weighted by Gasteiger charge is -2.36. The normalized spacial score (nSPS) is 20.2. The molecule has 164 valence electrons. The molecule has 1 unspecified atom stereocenters. The predicted molar refractivity (Wildman–Crippen MR) is 129 cm³/mol. The molecule has 3 rings (SSSR count). The molecule has 7 heteroatoms. The highest BCUT2D eigenvalue weighted by atomic mass is 127. The van der Waals surface area contributed by atoms with Gasteiger partial charge in [-0.1, -0.05) is 25.0 Å². The van der Waals surface area contributed by atoms with Gasteiger partial charge in [-0.2, -0.15) is 0 Å². The third kappa shape index (κ3) is 7.29. The highest BCUT2D eigenvalue weighted by Gasteiger charge is 2.27. The Bertz CT molecular complexity index is 629. The summed E-state index contributed by atoms with van der Waals surface area (Å²) < 4.78 is 5.24. The van der Waals surface area contributed by atoms with Crippen LogP contribution in [0, 0.1) is 0 Å². The molecule has 29 heavy (non-hydrogen) atoms.